The van der Waals surface area contributed by atoms with Gasteiger partial charge < -0.3 is 15.2 Å². The molecule has 0 unspecified atom stereocenters. The number of ether oxygens (including phenoxy) is 1. The smallest absolute Gasteiger partial charge is 0.411 e. The maximum atomic E-state index is 14.2. The molecule has 0 spiro atoms. The Kier molecular flexibility index (Phi) is 5.28. The number of carbonyl (C=O) groups excluding carboxylic acids is 2. The summed E-state index contributed by atoms with van der Waals surface area (Å²) in [6, 6.07) is 19.4. The summed E-state index contributed by atoms with van der Waals surface area (Å²) >= 11 is 0. The highest BCUT2D eigenvalue weighted by atomic mass is 19.1. The van der Waals surface area contributed by atoms with Crippen LogP contribution in [-0.4, -0.2) is 35.2 Å². The monoisotopic (exact) mass is 460 g/mol. The maximum Gasteiger partial charge on any atom is 0.411 e. The Balaban J connectivity index is 1.26. The van der Waals surface area contributed by atoms with Crippen LogP contribution in [0.5, 0.6) is 0 Å². The number of fused-ring (bicyclic) bond motifs is 3. The van der Waals surface area contributed by atoms with Gasteiger partial charge in [0.15, 0.2) is 0 Å². The third-order valence-electron chi connectivity index (χ3n) is 6.31. The quantitative estimate of drug-likeness (QED) is 0.501. The molecule has 0 heterocycles. The van der Waals surface area contributed by atoms with Crippen LogP contribution in [0.15, 0.2) is 66.7 Å². The van der Waals surface area contributed by atoms with Crippen LogP contribution >= 0.6 is 0 Å². The van der Waals surface area contributed by atoms with Gasteiger partial charge in [-0.2, -0.15) is 0 Å². The molecule has 0 radical (unpaired) electrons. The lowest BCUT2D eigenvalue weighted by molar-refractivity contribution is -0.140. The van der Waals surface area contributed by atoms with Crippen molar-refractivity contribution in [2.24, 2.45) is 0 Å². The fourth-order valence-corrected chi connectivity index (χ4v) is 4.33. The number of anilines is 1. The summed E-state index contributed by atoms with van der Waals surface area (Å²) in [5, 5.41) is 14.1. The number of carboxylic acids is 1. The minimum absolute atomic E-state index is 0.107. The predicted octanol–water partition coefficient (Wildman–Crippen LogP) is 4.53. The van der Waals surface area contributed by atoms with Crippen molar-refractivity contribution in [1.29, 1.82) is 0 Å². The zero-order chi connectivity index (χ0) is 23.9. The summed E-state index contributed by atoms with van der Waals surface area (Å²) in [6.45, 7) is 0.107. The highest BCUT2D eigenvalue weighted by Gasteiger charge is 2.51. The predicted molar refractivity (Wildman–Crippen MR) is 122 cm³/mol. The van der Waals surface area contributed by atoms with E-state index in [-0.39, 0.29) is 36.6 Å². The van der Waals surface area contributed by atoms with Crippen molar-refractivity contribution in [3.8, 4) is 11.1 Å². The van der Waals surface area contributed by atoms with Gasteiger partial charge in [0.1, 0.15) is 18.0 Å². The van der Waals surface area contributed by atoms with Crippen LogP contribution in [0.4, 0.5) is 14.9 Å². The molecule has 0 bridgehead atoms. The van der Waals surface area contributed by atoms with Crippen LogP contribution in [0.25, 0.3) is 11.1 Å². The molecular formula is C26H21FN2O5. The first-order valence-corrected chi connectivity index (χ1v) is 10.9. The van der Waals surface area contributed by atoms with Gasteiger partial charge in [-0.3, -0.25) is 10.1 Å². The van der Waals surface area contributed by atoms with E-state index >= 15 is 0 Å². The minimum Gasteiger partial charge on any atom is -0.480 e. The summed E-state index contributed by atoms with van der Waals surface area (Å²) in [5.74, 6) is -2.95. The Hall–Kier alpha value is -4.20. The van der Waals surface area contributed by atoms with E-state index < -0.39 is 29.3 Å². The second kappa shape index (κ2) is 8.30. The standard InChI is InChI=1S/C26H21FN2O5/c27-22-10-9-15(13-20(22)23(30)29-26(11-12-26)24(31)32)28-25(33)34-14-21-18-7-3-1-5-16(18)17-6-2-4-8-19(17)21/h1-10,13,21H,11-12,14H2,(H,28,33)(H,29,30)(H,31,32). The molecule has 34 heavy (non-hydrogen) atoms. The third kappa shape index (κ3) is 3.87. The van der Waals surface area contributed by atoms with E-state index in [1.54, 1.807) is 0 Å². The molecule has 1 saturated carbocycles. The molecule has 2 aliphatic rings. The van der Waals surface area contributed by atoms with Gasteiger partial charge in [0.2, 0.25) is 0 Å². The molecule has 7 nitrogen and oxygen atoms in total. The van der Waals surface area contributed by atoms with E-state index in [4.69, 9.17) is 4.74 Å². The number of hydrogen-bond donors (Lipinski definition) is 3. The van der Waals surface area contributed by atoms with Gasteiger partial charge in [-0.25, -0.2) is 14.0 Å². The van der Waals surface area contributed by atoms with Gasteiger partial charge in [0, 0.05) is 11.6 Å². The Morgan fingerprint density at radius 3 is 2.18 bits per heavy atom. The molecular weight excluding hydrogens is 439 g/mol. The number of nitrogens with one attached hydrogen (secondary N) is 2. The fourth-order valence-electron chi connectivity index (χ4n) is 4.33. The van der Waals surface area contributed by atoms with Gasteiger partial charge in [0.05, 0.1) is 5.56 Å². The molecule has 0 atom stereocenters. The number of carbonyl (C=O) groups is 3. The lowest BCUT2D eigenvalue weighted by Gasteiger charge is -2.15. The van der Waals surface area contributed by atoms with Crippen molar-refractivity contribution in [1.82, 2.24) is 5.32 Å². The molecule has 8 heteroatoms. The van der Waals surface area contributed by atoms with E-state index in [1.807, 2.05) is 48.5 Å². The Morgan fingerprint density at radius 2 is 1.59 bits per heavy atom. The van der Waals surface area contributed by atoms with Crippen molar-refractivity contribution in [2.45, 2.75) is 24.3 Å². The van der Waals surface area contributed by atoms with Gasteiger partial charge in [-0.15, -0.1) is 0 Å². The van der Waals surface area contributed by atoms with Crippen LogP contribution in [0.1, 0.15) is 40.2 Å². The number of aliphatic carboxylic acids is 1. The van der Waals surface area contributed by atoms with Crippen LogP contribution in [0, 0.1) is 5.82 Å². The number of benzene rings is 3. The summed E-state index contributed by atoms with van der Waals surface area (Å²) in [6.07, 6.45) is -0.176. The molecule has 5 rings (SSSR count). The number of amides is 2. The van der Waals surface area contributed by atoms with Gasteiger partial charge in [-0.05, 0) is 53.3 Å². The summed E-state index contributed by atoms with van der Waals surface area (Å²) in [7, 11) is 0. The lowest BCUT2D eigenvalue weighted by atomic mass is 9.98. The second-order valence-electron chi connectivity index (χ2n) is 8.49. The first-order valence-electron chi connectivity index (χ1n) is 10.9. The molecule has 0 saturated heterocycles. The Bertz CT molecular complexity index is 1270. The van der Waals surface area contributed by atoms with Crippen LogP contribution in [0.2, 0.25) is 0 Å². The van der Waals surface area contributed by atoms with Gasteiger partial charge in [0.25, 0.3) is 5.91 Å². The summed E-state index contributed by atoms with van der Waals surface area (Å²) < 4.78 is 19.7. The first kappa shape index (κ1) is 21.6. The second-order valence-corrected chi connectivity index (χ2v) is 8.49. The first-order chi connectivity index (χ1) is 16.4. The van der Waals surface area contributed by atoms with Crippen molar-refractivity contribution in [2.75, 3.05) is 11.9 Å². The third-order valence-corrected chi connectivity index (χ3v) is 6.31. The number of carboxylic acid groups (broad SMARTS) is 1. The van der Waals surface area contributed by atoms with E-state index in [0.29, 0.717) is 0 Å². The van der Waals surface area contributed by atoms with Crippen LogP contribution in [0.3, 0.4) is 0 Å². The van der Waals surface area contributed by atoms with E-state index in [9.17, 15) is 23.9 Å². The van der Waals surface area contributed by atoms with Crippen LogP contribution in [-0.2, 0) is 9.53 Å². The van der Waals surface area contributed by atoms with E-state index in [0.717, 1.165) is 34.4 Å². The average molecular weight is 460 g/mol. The molecule has 172 valence electrons. The van der Waals surface area contributed by atoms with Gasteiger partial charge >= 0.3 is 12.1 Å². The SMILES string of the molecule is O=C(Nc1ccc(F)c(C(=O)NC2(C(=O)O)CC2)c1)OCC1c2ccccc2-c2ccccc21. The molecule has 2 aliphatic carbocycles. The number of rotatable bonds is 6. The summed E-state index contributed by atoms with van der Waals surface area (Å²) in [5.41, 5.74) is 2.81. The fraction of sp³-hybridized carbons (Fsp3) is 0.192. The highest BCUT2D eigenvalue weighted by Crippen LogP contribution is 2.44. The van der Waals surface area contributed by atoms with Crippen molar-refractivity contribution < 1.29 is 28.6 Å². The van der Waals surface area contributed by atoms with Crippen molar-refractivity contribution in [3.63, 3.8) is 0 Å². The Morgan fingerprint density at radius 1 is 0.971 bits per heavy atom. The number of hydrogen-bond acceptors (Lipinski definition) is 4. The molecule has 0 aromatic heterocycles. The zero-order valence-electron chi connectivity index (χ0n) is 18.0. The van der Waals surface area contributed by atoms with E-state index in [1.165, 1.54) is 6.07 Å². The minimum atomic E-state index is -1.35. The topological polar surface area (TPSA) is 105 Å². The number of halogens is 1. The highest BCUT2D eigenvalue weighted by molar-refractivity contribution is 6.00. The Labute approximate surface area is 194 Å². The zero-order valence-corrected chi connectivity index (χ0v) is 18.0. The molecule has 3 N–H and O–H groups in total. The molecule has 1 fully saturated rings. The van der Waals surface area contributed by atoms with Crippen molar-refractivity contribution >= 4 is 23.7 Å². The van der Waals surface area contributed by atoms with E-state index in [2.05, 4.69) is 10.6 Å². The molecule has 0 aliphatic heterocycles. The summed E-state index contributed by atoms with van der Waals surface area (Å²) in [4.78, 5) is 36.2. The molecule has 2 amide bonds. The normalized spacial score (nSPS) is 15.1. The van der Waals surface area contributed by atoms with Crippen molar-refractivity contribution in [3.05, 3.63) is 89.2 Å². The molecule has 3 aromatic carbocycles. The lowest BCUT2D eigenvalue weighted by Crippen LogP contribution is -2.43. The van der Waals surface area contributed by atoms with Gasteiger partial charge in [-0.1, -0.05) is 48.5 Å². The average Bonchev–Trinajstić information content (AvgIpc) is 3.55. The van der Waals surface area contributed by atoms with Crippen LogP contribution < -0.4 is 10.6 Å². The molecule has 3 aromatic rings. The maximum absolute atomic E-state index is 14.2. The largest absolute Gasteiger partial charge is 0.480 e.